The highest BCUT2D eigenvalue weighted by Gasteiger charge is 2.26. The van der Waals surface area contributed by atoms with Gasteiger partial charge in [0.05, 0.1) is 0 Å². The molecule has 2 heteroatoms. The first-order chi connectivity index (χ1) is 12.4. The summed E-state index contributed by atoms with van der Waals surface area (Å²) in [5.74, 6) is 2.58. The van der Waals surface area contributed by atoms with E-state index >= 15 is 0 Å². The minimum atomic E-state index is 0.333. The minimum Gasteiger partial charge on any atom is -0.508 e. The van der Waals surface area contributed by atoms with Gasteiger partial charge >= 0.3 is 0 Å². The van der Waals surface area contributed by atoms with E-state index in [0.29, 0.717) is 35.2 Å². The van der Waals surface area contributed by atoms with E-state index in [9.17, 15) is 10.2 Å². The number of hydrogen-bond donors (Lipinski definition) is 2. The van der Waals surface area contributed by atoms with Crippen molar-refractivity contribution < 1.29 is 10.2 Å². The van der Waals surface area contributed by atoms with Crippen LogP contribution in [-0.2, 0) is 0 Å². The average Bonchev–Trinajstić information content (AvgIpc) is 2.62. The van der Waals surface area contributed by atoms with E-state index in [1.54, 1.807) is 0 Å². The van der Waals surface area contributed by atoms with Crippen LogP contribution in [0.5, 0.6) is 11.5 Å². The van der Waals surface area contributed by atoms with Crippen molar-refractivity contribution in [2.24, 2.45) is 0 Å². The Hall–Kier alpha value is -1.96. The number of benzene rings is 2. The predicted octanol–water partition coefficient (Wildman–Crippen LogP) is 6.79. The molecule has 0 bridgehead atoms. The normalized spacial score (nSPS) is 20.7. The van der Waals surface area contributed by atoms with Gasteiger partial charge in [-0.05, 0) is 77.3 Å². The molecule has 1 fully saturated rings. The van der Waals surface area contributed by atoms with Gasteiger partial charge in [-0.3, -0.25) is 0 Å². The van der Waals surface area contributed by atoms with Gasteiger partial charge in [0.2, 0.25) is 0 Å². The molecule has 0 saturated heterocycles. The minimum absolute atomic E-state index is 0.333. The maximum absolute atomic E-state index is 10.1. The van der Waals surface area contributed by atoms with E-state index in [1.807, 2.05) is 12.1 Å². The first-order valence-electron chi connectivity index (χ1n) is 10.0. The lowest BCUT2D eigenvalue weighted by Gasteiger charge is -2.31. The standard InChI is InChI=1S/C24H32O2/c1-15(2)21-13-19(8-10-23(21)25)17-6-5-7-18(12-17)20-9-11-24(26)22(14-20)16(3)4/h8-11,13-18,25-26H,5-7,12H2,1-4H3. The molecule has 2 unspecified atom stereocenters. The van der Waals surface area contributed by atoms with Crippen molar-refractivity contribution in [3.8, 4) is 11.5 Å². The molecule has 2 N–H and O–H groups in total. The van der Waals surface area contributed by atoms with Crippen molar-refractivity contribution in [2.45, 2.75) is 77.0 Å². The Balaban J connectivity index is 1.84. The van der Waals surface area contributed by atoms with Crippen LogP contribution in [0.3, 0.4) is 0 Å². The summed E-state index contributed by atoms with van der Waals surface area (Å²) >= 11 is 0. The lowest BCUT2D eigenvalue weighted by atomic mass is 9.74. The summed E-state index contributed by atoms with van der Waals surface area (Å²) in [5, 5.41) is 20.2. The van der Waals surface area contributed by atoms with Crippen LogP contribution in [0.2, 0.25) is 0 Å². The summed E-state index contributed by atoms with van der Waals surface area (Å²) in [6, 6.07) is 12.4. The molecule has 0 spiro atoms. The second-order valence-electron chi connectivity index (χ2n) is 8.51. The van der Waals surface area contributed by atoms with Crippen molar-refractivity contribution in [1.82, 2.24) is 0 Å². The van der Waals surface area contributed by atoms with Crippen LogP contribution in [0.25, 0.3) is 0 Å². The third-order valence-corrected chi connectivity index (χ3v) is 5.96. The van der Waals surface area contributed by atoms with Gasteiger partial charge in [0.25, 0.3) is 0 Å². The van der Waals surface area contributed by atoms with Gasteiger partial charge in [0.15, 0.2) is 0 Å². The van der Waals surface area contributed by atoms with E-state index in [1.165, 1.54) is 30.4 Å². The van der Waals surface area contributed by atoms with Gasteiger partial charge in [-0.1, -0.05) is 58.4 Å². The molecule has 2 nitrogen and oxygen atoms in total. The van der Waals surface area contributed by atoms with Crippen LogP contribution in [-0.4, -0.2) is 10.2 Å². The summed E-state index contributed by atoms with van der Waals surface area (Å²) in [6.07, 6.45) is 4.80. The predicted molar refractivity (Wildman–Crippen MR) is 108 cm³/mol. The van der Waals surface area contributed by atoms with Gasteiger partial charge in [-0.15, -0.1) is 0 Å². The zero-order chi connectivity index (χ0) is 18.8. The quantitative estimate of drug-likeness (QED) is 0.636. The Morgan fingerprint density at radius 2 is 1.15 bits per heavy atom. The molecule has 0 aliphatic heterocycles. The zero-order valence-corrected chi connectivity index (χ0v) is 16.5. The lowest BCUT2D eigenvalue weighted by molar-refractivity contribution is 0.392. The number of hydrogen-bond acceptors (Lipinski definition) is 2. The van der Waals surface area contributed by atoms with E-state index in [-0.39, 0.29) is 0 Å². The first kappa shape index (κ1) is 18.8. The molecule has 0 radical (unpaired) electrons. The van der Waals surface area contributed by atoms with Crippen LogP contribution in [0.4, 0.5) is 0 Å². The molecular weight excluding hydrogens is 320 g/mol. The third-order valence-electron chi connectivity index (χ3n) is 5.96. The smallest absolute Gasteiger partial charge is 0.119 e. The van der Waals surface area contributed by atoms with E-state index in [0.717, 1.165) is 17.5 Å². The van der Waals surface area contributed by atoms with Crippen LogP contribution in [0.15, 0.2) is 36.4 Å². The molecule has 1 saturated carbocycles. The molecule has 0 aromatic heterocycles. The monoisotopic (exact) mass is 352 g/mol. The van der Waals surface area contributed by atoms with Crippen LogP contribution in [0, 0.1) is 0 Å². The molecule has 3 rings (SSSR count). The van der Waals surface area contributed by atoms with Crippen molar-refractivity contribution in [3.05, 3.63) is 58.7 Å². The molecule has 0 heterocycles. The summed E-state index contributed by atoms with van der Waals surface area (Å²) in [4.78, 5) is 0. The highest BCUT2D eigenvalue weighted by molar-refractivity contribution is 5.41. The van der Waals surface area contributed by atoms with Crippen LogP contribution < -0.4 is 0 Å². The van der Waals surface area contributed by atoms with Gasteiger partial charge in [0, 0.05) is 0 Å². The van der Waals surface area contributed by atoms with E-state index in [4.69, 9.17) is 0 Å². The van der Waals surface area contributed by atoms with E-state index in [2.05, 4.69) is 52.0 Å². The Kier molecular flexibility index (Phi) is 5.60. The summed E-state index contributed by atoms with van der Waals surface area (Å²) < 4.78 is 0. The largest absolute Gasteiger partial charge is 0.508 e. The molecule has 1 aliphatic carbocycles. The summed E-state index contributed by atoms with van der Waals surface area (Å²) in [6.45, 7) is 8.53. The van der Waals surface area contributed by atoms with Crippen molar-refractivity contribution >= 4 is 0 Å². The molecule has 140 valence electrons. The van der Waals surface area contributed by atoms with Gasteiger partial charge in [0.1, 0.15) is 11.5 Å². The topological polar surface area (TPSA) is 40.5 Å². The maximum atomic E-state index is 10.1. The van der Waals surface area contributed by atoms with Gasteiger partial charge in [-0.25, -0.2) is 0 Å². The third kappa shape index (κ3) is 3.90. The second kappa shape index (κ2) is 7.73. The molecule has 2 aromatic rings. The fourth-order valence-electron chi connectivity index (χ4n) is 4.37. The molecular formula is C24H32O2. The number of phenolic OH excluding ortho intramolecular Hbond substituents is 2. The van der Waals surface area contributed by atoms with Crippen molar-refractivity contribution in [1.29, 1.82) is 0 Å². The molecule has 26 heavy (non-hydrogen) atoms. The Morgan fingerprint density at radius 1 is 0.731 bits per heavy atom. The van der Waals surface area contributed by atoms with Gasteiger partial charge < -0.3 is 10.2 Å². The highest BCUT2D eigenvalue weighted by Crippen LogP contribution is 2.43. The van der Waals surface area contributed by atoms with Crippen LogP contribution >= 0.6 is 0 Å². The fourth-order valence-corrected chi connectivity index (χ4v) is 4.37. The summed E-state index contributed by atoms with van der Waals surface area (Å²) in [7, 11) is 0. The fraction of sp³-hybridized carbons (Fsp3) is 0.500. The molecule has 2 atom stereocenters. The summed E-state index contributed by atoms with van der Waals surface area (Å²) in [5.41, 5.74) is 4.82. The van der Waals surface area contributed by atoms with Crippen molar-refractivity contribution in [3.63, 3.8) is 0 Å². The van der Waals surface area contributed by atoms with E-state index < -0.39 is 0 Å². The Labute approximate surface area is 157 Å². The SMILES string of the molecule is CC(C)c1cc(C2CCCC(c3ccc(O)c(C(C)C)c3)C2)ccc1O. The van der Waals surface area contributed by atoms with Crippen LogP contribution in [0.1, 0.15) is 99.3 Å². The number of rotatable bonds is 4. The second-order valence-corrected chi connectivity index (χ2v) is 8.51. The first-order valence-corrected chi connectivity index (χ1v) is 10.0. The average molecular weight is 353 g/mol. The Bertz CT molecular complexity index is 697. The van der Waals surface area contributed by atoms with Crippen molar-refractivity contribution in [2.75, 3.05) is 0 Å². The molecule has 0 amide bonds. The lowest BCUT2D eigenvalue weighted by Crippen LogP contribution is -2.13. The number of aromatic hydroxyl groups is 2. The molecule has 1 aliphatic rings. The number of phenols is 2. The highest BCUT2D eigenvalue weighted by atomic mass is 16.3. The van der Waals surface area contributed by atoms with Gasteiger partial charge in [-0.2, -0.15) is 0 Å². The molecule has 2 aromatic carbocycles. The maximum Gasteiger partial charge on any atom is 0.119 e. The zero-order valence-electron chi connectivity index (χ0n) is 16.5. The Morgan fingerprint density at radius 3 is 1.54 bits per heavy atom.